The second-order valence-corrected chi connectivity index (χ2v) is 12.3. The van der Waals surface area contributed by atoms with Gasteiger partial charge in [-0.3, -0.25) is 0 Å². The zero-order valence-electron chi connectivity index (χ0n) is 25.8. The van der Waals surface area contributed by atoms with Crippen molar-refractivity contribution in [2.45, 2.75) is 63.0 Å². The first-order valence-electron chi connectivity index (χ1n) is 15.6. The highest BCUT2D eigenvalue weighted by atomic mass is 19.4. The molecule has 2 unspecified atom stereocenters. The number of benzene rings is 4. The van der Waals surface area contributed by atoms with Gasteiger partial charge in [-0.2, -0.15) is 13.2 Å². The Labute approximate surface area is 263 Å². The maximum Gasteiger partial charge on any atom is 0.402 e. The Hall–Kier alpha value is -4.38. The highest BCUT2D eigenvalue weighted by Gasteiger charge is 2.58. The summed E-state index contributed by atoms with van der Waals surface area (Å²) in [6.07, 6.45) is 0.853. The maximum atomic E-state index is 14.8. The molecule has 0 saturated carbocycles. The zero-order valence-corrected chi connectivity index (χ0v) is 25.8. The Morgan fingerprint density at radius 2 is 1.33 bits per heavy atom. The first-order valence-corrected chi connectivity index (χ1v) is 15.6. The van der Waals surface area contributed by atoms with Gasteiger partial charge in [0.1, 0.15) is 5.41 Å². The molecule has 0 spiro atoms. The summed E-state index contributed by atoms with van der Waals surface area (Å²) in [6.45, 7) is 11.8. The van der Waals surface area contributed by atoms with Gasteiger partial charge in [-0.05, 0) is 94.0 Å². The lowest BCUT2D eigenvalue weighted by atomic mass is 9.68. The van der Waals surface area contributed by atoms with Gasteiger partial charge < -0.3 is 4.74 Å². The number of allylic oxidation sites excluding steroid dienone is 1. The van der Waals surface area contributed by atoms with E-state index in [2.05, 4.69) is 50.4 Å². The monoisotopic (exact) mass is 606 g/mol. The molecule has 0 N–H and O–H groups in total. The minimum atomic E-state index is -4.45. The second kappa shape index (κ2) is 11.5. The van der Waals surface area contributed by atoms with Crippen molar-refractivity contribution in [2.75, 3.05) is 6.61 Å². The van der Waals surface area contributed by atoms with E-state index in [1.165, 1.54) is 24.1 Å². The van der Waals surface area contributed by atoms with Crippen LogP contribution in [0.4, 0.5) is 13.2 Å². The van der Waals surface area contributed by atoms with Gasteiger partial charge in [0.25, 0.3) is 0 Å². The average Bonchev–Trinajstić information content (AvgIpc) is 3.49. The van der Waals surface area contributed by atoms with Gasteiger partial charge in [0, 0.05) is 11.5 Å². The molecule has 2 aliphatic rings. The normalized spacial score (nSPS) is 19.3. The van der Waals surface area contributed by atoms with Crippen molar-refractivity contribution in [1.82, 2.24) is 0 Å². The highest BCUT2D eigenvalue weighted by Crippen LogP contribution is 2.58. The van der Waals surface area contributed by atoms with E-state index in [0.717, 1.165) is 59.9 Å². The van der Waals surface area contributed by atoms with E-state index in [4.69, 9.17) is 4.74 Å². The predicted molar refractivity (Wildman–Crippen MR) is 175 cm³/mol. The van der Waals surface area contributed by atoms with E-state index in [9.17, 15) is 18.0 Å². The number of alkyl halides is 3. The molecular weight excluding hydrogens is 569 g/mol. The lowest BCUT2D eigenvalue weighted by Crippen LogP contribution is -2.38. The van der Waals surface area contributed by atoms with Gasteiger partial charge in [0.15, 0.2) is 0 Å². The lowest BCUT2D eigenvalue weighted by Gasteiger charge is -2.35. The number of hydrogen-bond donors (Lipinski definition) is 0. The van der Waals surface area contributed by atoms with Gasteiger partial charge in [0.05, 0.1) is 6.61 Å². The third-order valence-electron chi connectivity index (χ3n) is 10.0. The molecule has 2 nitrogen and oxygen atoms in total. The summed E-state index contributed by atoms with van der Waals surface area (Å²) < 4.78 is 49.6. The van der Waals surface area contributed by atoms with Crippen molar-refractivity contribution < 1.29 is 22.7 Å². The topological polar surface area (TPSA) is 26.3 Å². The Morgan fingerprint density at radius 1 is 0.778 bits per heavy atom. The third-order valence-corrected chi connectivity index (χ3v) is 10.0. The Balaban J connectivity index is 1.42. The lowest BCUT2D eigenvalue weighted by molar-refractivity contribution is -0.172. The smallest absolute Gasteiger partial charge is 0.402 e. The van der Waals surface area contributed by atoms with Crippen LogP contribution in [0.3, 0.4) is 0 Å². The van der Waals surface area contributed by atoms with Crippen LogP contribution in [0, 0.1) is 0 Å². The zero-order chi connectivity index (χ0) is 32.0. The standard InChI is InChI=1S/C40H37F3O2/c1-5-26(3)39(22-12-7-13-23-45-37(44)6-2)34-17-11-9-15-30(34)32-21-19-28(25-36(32)39)27-18-20-31-29-14-8-10-16-33(29)38(4,35(31)24-27)40(41,42)43/h6,8-11,14-21,24-25H,2-3,5,7,12-13,22-23H2,1,4H3. The molecule has 45 heavy (non-hydrogen) atoms. The molecule has 6 rings (SSSR count). The van der Waals surface area contributed by atoms with E-state index in [0.29, 0.717) is 28.9 Å². The van der Waals surface area contributed by atoms with Crippen LogP contribution in [0.1, 0.15) is 68.2 Å². The average molecular weight is 607 g/mol. The molecule has 0 bridgehead atoms. The van der Waals surface area contributed by atoms with Crippen LogP contribution in [0.2, 0.25) is 0 Å². The predicted octanol–water partition coefficient (Wildman–Crippen LogP) is 10.7. The molecule has 230 valence electrons. The van der Waals surface area contributed by atoms with Crippen LogP contribution < -0.4 is 0 Å². The number of hydrogen-bond acceptors (Lipinski definition) is 2. The van der Waals surface area contributed by atoms with Crippen molar-refractivity contribution >= 4 is 5.97 Å². The molecule has 5 heteroatoms. The number of carbonyl (C=O) groups excluding carboxylic acids is 1. The molecule has 0 saturated heterocycles. The fraction of sp³-hybridized carbons (Fsp3) is 0.275. The molecule has 0 amide bonds. The number of carbonyl (C=O) groups is 1. The summed E-state index contributed by atoms with van der Waals surface area (Å²) in [4.78, 5) is 11.5. The number of ether oxygens (including phenoxy) is 1. The number of halogens is 3. The summed E-state index contributed by atoms with van der Waals surface area (Å²) in [6, 6.07) is 27.2. The quantitative estimate of drug-likeness (QED) is 0.0777. The molecule has 0 heterocycles. The molecule has 2 aliphatic carbocycles. The summed E-state index contributed by atoms with van der Waals surface area (Å²) in [5, 5.41) is 0. The van der Waals surface area contributed by atoms with Crippen LogP contribution in [-0.2, 0) is 20.4 Å². The van der Waals surface area contributed by atoms with Crippen molar-refractivity contribution in [3.63, 3.8) is 0 Å². The molecule has 2 atom stereocenters. The van der Waals surface area contributed by atoms with Crippen molar-refractivity contribution in [3.8, 4) is 33.4 Å². The third kappa shape index (κ3) is 4.75. The fourth-order valence-electron chi connectivity index (χ4n) is 7.55. The number of fused-ring (bicyclic) bond motifs is 6. The minimum absolute atomic E-state index is 0.291. The Morgan fingerprint density at radius 3 is 1.96 bits per heavy atom. The van der Waals surface area contributed by atoms with Crippen molar-refractivity contribution in [2.24, 2.45) is 0 Å². The van der Waals surface area contributed by atoms with Gasteiger partial charge in [-0.1, -0.05) is 111 Å². The van der Waals surface area contributed by atoms with Crippen LogP contribution in [0.15, 0.2) is 110 Å². The molecule has 4 aromatic carbocycles. The van der Waals surface area contributed by atoms with Crippen LogP contribution in [0.25, 0.3) is 33.4 Å². The van der Waals surface area contributed by atoms with Gasteiger partial charge in [-0.25, -0.2) is 4.79 Å². The molecule has 4 aromatic rings. The van der Waals surface area contributed by atoms with Gasteiger partial charge in [-0.15, -0.1) is 0 Å². The summed E-state index contributed by atoms with van der Waals surface area (Å²) in [5.74, 6) is -0.414. The van der Waals surface area contributed by atoms with E-state index in [-0.39, 0.29) is 0 Å². The van der Waals surface area contributed by atoms with E-state index in [1.807, 2.05) is 24.3 Å². The van der Waals surface area contributed by atoms with E-state index >= 15 is 0 Å². The van der Waals surface area contributed by atoms with Crippen LogP contribution in [0.5, 0.6) is 0 Å². The first-order chi connectivity index (χ1) is 21.6. The number of esters is 1. The van der Waals surface area contributed by atoms with E-state index < -0.39 is 23.0 Å². The first kappa shape index (κ1) is 30.6. The molecule has 0 aliphatic heterocycles. The Bertz CT molecular complexity index is 1820. The second-order valence-electron chi connectivity index (χ2n) is 12.3. The summed E-state index contributed by atoms with van der Waals surface area (Å²) >= 11 is 0. The maximum absolute atomic E-state index is 14.8. The largest absolute Gasteiger partial charge is 0.463 e. The fourth-order valence-corrected chi connectivity index (χ4v) is 7.55. The van der Waals surface area contributed by atoms with Crippen molar-refractivity contribution in [1.29, 1.82) is 0 Å². The summed E-state index contributed by atoms with van der Waals surface area (Å²) in [7, 11) is 0. The van der Waals surface area contributed by atoms with Gasteiger partial charge in [0.2, 0.25) is 0 Å². The number of rotatable bonds is 10. The van der Waals surface area contributed by atoms with Crippen molar-refractivity contribution in [3.05, 3.63) is 132 Å². The van der Waals surface area contributed by atoms with Crippen LogP contribution in [-0.4, -0.2) is 18.8 Å². The van der Waals surface area contributed by atoms with Crippen LogP contribution >= 0.6 is 0 Å². The SMILES string of the molecule is C=CC(=O)OCCCCCC1(C(=C)CC)c2ccccc2-c2ccc(-c3ccc4c(c3)C(C)(C(F)(F)F)c3ccccc3-4)cc21. The highest BCUT2D eigenvalue weighted by molar-refractivity contribution is 5.88. The molecular formula is C40H37F3O2. The molecule has 0 fully saturated rings. The molecule has 0 radical (unpaired) electrons. The van der Waals surface area contributed by atoms with E-state index in [1.54, 1.807) is 30.3 Å². The molecule has 0 aromatic heterocycles. The Kier molecular flexibility index (Phi) is 7.84. The number of unbranched alkanes of at least 4 members (excludes halogenated alkanes) is 2. The van der Waals surface area contributed by atoms with Gasteiger partial charge >= 0.3 is 12.1 Å². The summed E-state index contributed by atoms with van der Waals surface area (Å²) in [5.41, 5.74) is 6.76. The minimum Gasteiger partial charge on any atom is -0.463 e.